The summed E-state index contributed by atoms with van der Waals surface area (Å²) in [7, 11) is 3.78. The van der Waals surface area contributed by atoms with E-state index in [-0.39, 0.29) is 24.0 Å². The molecular weight excluding hydrogens is 451 g/mol. The van der Waals surface area contributed by atoms with Gasteiger partial charge in [-0.3, -0.25) is 4.99 Å². The highest BCUT2D eigenvalue weighted by molar-refractivity contribution is 14.0. The first kappa shape index (κ1) is 19.8. The van der Waals surface area contributed by atoms with E-state index in [1.54, 1.807) is 13.2 Å². The summed E-state index contributed by atoms with van der Waals surface area (Å²) in [6, 6.07) is 8.36. The zero-order valence-corrected chi connectivity index (χ0v) is 17.5. The van der Waals surface area contributed by atoms with Gasteiger partial charge in [0.1, 0.15) is 5.82 Å². The third kappa shape index (κ3) is 5.24. The fourth-order valence-corrected chi connectivity index (χ4v) is 3.09. The summed E-state index contributed by atoms with van der Waals surface area (Å²) < 4.78 is 2.00. The van der Waals surface area contributed by atoms with Crippen molar-refractivity contribution in [3.63, 3.8) is 0 Å². The molecule has 2 aromatic rings. The molecule has 1 atom stereocenters. The lowest BCUT2D eigenvalue weighted by Gasteiger charge is -2.20. The van der Waals surface area contributed by atoms with Crippen molar-refractivity contribution in [3.05, 3.63) is 47.5 Å². The molecule has 1 fully saturated rings. The van der Waals surface area contributed by atoms with Gasteiger partial charge in [-0.05, 0) is 24.6 Å². The minimum Gasteiger partial charge on any atom is -0.369 e. The Morgan fingerprint density at radius 2 is 2.28 bits per heavy atom. The van der Waals surface area contributed by atoms with Crippen LogP contribution < -0.4 is 15.5 Å². The van der Waals surface area contributed by atoms with E-state index in [0.29, 0.717) is 12.6 Å². The Balaban J connectivity index is 0.00000225. The van der Waals surface area contributed by atoms with Crippen LogP contribution in [-0.2, 0) is 13.6 Å². The smallest absolute Gasteiger partial charge is 0.191 e. The van der Waals surface area contributed by atoms with Gasteiger partial charge in [0.25, 0.3) is 0 Å². The normalized spacial score (nSPS) is 17.3. The number of nitrogens with zero attached hydrogens (tertiary/aromatic N) is 4. The van der Waals surface area contributed by atoms with Gasteiger partial charge in [-0.15, -0.1) is 24.0 Å². The lowest BCUT2D eigenvalue weighted by molar-refractivity contribution is 0.641. The van der Waals surface area contributed by atoms with Gasteiger partial charge < -0.3 is 20.1 Å². The standard InChI is InChI=1S/C17H23ClN6.HI/c1-19-17(21-11-16-20-7-9-23(16)2)22-14-6-8-24(12-14)15-5-3-4-13(18)10-15;/h3-5,7,9-10,14H,6,8,11-12H2,1-2H3,(H2,19,21,22);1H. The largest absolute Gasteiger partial charge is 0.369 e. The highest BCUT2D eigenvalue weighted by atomic mass is 127. The van der Waals surface area contributed by atoms with E-state index < -0.39 is 0 Å². The lowest BCUT2D eigenvalue weighted by atomic mass is 10.3. The summed E-state index contributed by atoms with van der Waals surface area (Å²) in [4.78, 5) is 11.0. The van der Waals surface area contributed by atoms with Crippen LogP contribution in [0.4, 0.5) is 5.69 Å². The van der Waals surface area contributed by atoms with Crippen LogP contribution in [0, 0.1) is 0 Å². The Morgan fingerprint density at radius 3 is 2.96 bits per heavy atom. The molecule has 1 aromatic carbocycles. The van der Waals surface area contributed by atoms with E-state index in [9.17, 15) is 0 Å². The second-order valence-electron chi connectivity index (χ2n) is 5.94. The number of guanidine groups is 1. The number of aryl methyl sites for hydroxylation is 1. The first-order valence-corrected chi connectivity index (χ1v) is 8.47. The Morgan fingerprint density at radius 1 is 1.44 bits per heavy atom. The molecule has 136 valence electrons. The SMILES string of the molecule is CN=C(NCc1nccn1C)NC1CCN(c2cccc(Cl)c2)C1.I. The number of aromatic nitrogens is 2. The molecule has 1 saturated heterocycles. The molecule has 2 heterocycles. The summed E-state index contributed by atoms with van der Waals surface area (Å²) in [5, 5.41) is 7.58. The summed E-state index contributed by atoms with van der Waals surface area (Å²) in [6.45, 7) is 2.59. The maximum atomic E-state index is 6.09. The molecule has 0 bridgehead atoms. The number of halogens is 2. The van der Waals surface area contributed by atoms with E-state index >= 15 is 0 Å². The molecule has 0 radical (unpaired) electrons. The number of hydrogen-bond acceptors (Lipinski definition) is 3. The van der Waals surface area contributed by atoms with Gasteiger partial charge in [0.15, 0.2) is 5.96 Å². The molecule has 25 heavy (non-hydrogen) atoms. The fourth-order valence-electron chi connectivity index (χ4n) is 2.90. The van der Waals surface area contributed by atoms with Crippen molar-refractivity contribution in [2.45, 2.75) is 19.0 Å². The van der Waals surface area contributed by atoms with E-state index in [4.69, 9.17) is 11.6 Å². The Kier molecular flexibility index (Phi) is 7.37. The Hall–Kier alpha value is -1.48. The molecule has 1 aromatic heterocycles. The van der Waals surface area contributed by atoms with Crippen molar-refractivity contribution in [1.82, 2.24) is 20.2 Å². The molecular formula is C17H24ClIN6. The van der Waals surface area contributed by atoms with Gasteiger partial charge in [0, 0.05) is 56.3 Å². The predicted octanol–water partition coefficient (Wildman–Crippen LogP) is 2.64. The third-order valence-electron chi connectivity index (χ3n) is 4.26. The van der Waals surface area contributed by atoms with Crippen LogP contribution in [0.25, 0.3) is 0 Å². The Bertz CT molecular complexity index is 717. The number of imidazole rings is 1. The van der Waals surface area contributed by atoms with Crippen molar-refractivity contribution in [2.75, 3.05) is 25.0 Å². The molecule has 0 spiro atoms. The topological polar surface area (TPSA) is 57.5 Å². The van der Waals surface area contributed by atoms with Crippen LogP contribution in [0.2, 0.25) is 5.02 Å². The van der Waals surface area contributed by atoms with E-state index in [1.165, 1.54) is 5.69 Å². The second-order valence-corrected chi connectivity index (χ2v) is 6.37. The average molecular weight is 475 g/mol. The lowest BCUT2D eigenvalue weighted by Crippen LogP contribution is -2.44. The molecule has 8 heteroatoms. The van der Waals surface area contributed by atoms with Crippen LogP contribution in [0.15, 0.2) is 41.7 Å². The molecule has 2 N–H and O–H groups in total. The van der Waals surface area contributed by atoms with Crippen molar-refractivity contribution in [3.8, 4) is 0 Å². The van der Waals surface area contributed by atoms with Gasteiger partial charge >= 0.3 is 0 Å². The van der Waals surface area contributed by atoms with Crippen molar-refractivity contribution in [2.24, 2.45) is 12.0 Å². The van der Waals surface area contributed by atoms with E-state index in [0.717, 1.165) is 36.3 Å². The zero-order valence-electron chi connectivity index (χ0n) is 14.4. The fraction of sp³-hybridized carbons (Fsp3) is 0.412. The molecule has 1 unspecified atom stereocenters. The highest BCUT2D eigenvalue weighted by Crippen LogP contribution is 2.23. The van der Waals surface area contributed by atoms with Crippen molar-refractivity contribution < 1.29 is 0 Å². The quantitative estimate of drug-likeness (QED) is 0.406. The number of benzene rings is 1. The summed E-state index contributed by atoms with van der Waals surface area (Å²) >= 11 is 6.09. The first-order valence-electron chi connectivity index (χ1n) is 8.09. The summed E-state index contributed by atoms with van der Waals surface area (Å²) in [6.07, 6.45) is 4.80. The summed E-state index contributed by atoms with van der Waals surface area (Å²) in [5.74, 6) is 1.78. The van der Waals surface area contributed by atoms with Crippen LogP contribution >= 0.6 is 35.6 Å². The first-order chi connectivity index (χ1) is 11.7. The monoisotopic (exact) mass is 474 g/mol. The van der Waals surface area contributed by atoms with Crippen LogP contribution in [0.5, 0.6) is 0 Å². The number of aliphatic imine (C=N–C) groups is 1. The number of nitrogens with one attached hydrogen (secondary N) is 2. The van der Waals surface area contributed by atoms with Gasteiger partial charge in [-0.2, -0.15) is 0 Å². The van der Waals surface area contributed by atoms with E-state index in [1.807, 2.05) is 36.0 Å². The zero-order chi connectivity index (χ0) is 16.9. The average Bonchev–Trinajstić information content (AvgIpc) is 3.20. The highest BCUT2D eigenvalue weighted by Gasteiger charge is 2.23. The van der Waals surface area contributed by atoms with Gasteiger partial charge in [-0.1, -0.05) is 17.7 Å². The predicted molar refractivity (Wildman–Crippen MR) is 114 cm³/mol. The molecule has 0 aliphatic carbocycles. The molecule has 1 aliphatic rings. The van der Waals surface area contributed by atoms with Crippen LogP contribution in [0.3, 0.4) is 0 Å². The minimum atomic E-state index is 0. The van der Waals surface area contributed by atoms with Crippen LogP contribution in [-0.4, -0.2) is 41.7 Å². The molecule has 3 rings (SSSR count). The molecule has 0 amide bonds. The maximum Gasteiger partial charge on any atom is 0.191 e. The molecule has 6 nitrogen and oxygen atoms in total. The molecule has 1 aliphatic heterocycles. The van der Waals surface area contributed by atoms with Crippen molar-refractivity contribution >= 4 is 47.2 Å². The number of anilines is 1. The minimum absolute atomic E-state index is 0. The van der Waals surface area contributed by atoms with Crippen molar-refractivity contribution in [1.29, 1.82) is 0 Å². The second kappa shape index (κ2) is 9.28. The number of hydrogen-bond donors (Lipinski definition) is 2. The summed E-state index contributed by atoms with van der Waals surface area (Å²) in [5.41, 5.74) is 1.17. The third-order valence-corrected chi connectivity index (χ3v) is 4.50. The van der Waals surface area contributed by atoms with Gasteiger partial charge in [0.05, 0.1) is 6.54 Å². The van der Waals surface area contributed by atoms with Crippen LogP contribution in [0.1, 0.15) is 12.2 Å². The molecule has 0 saturated carbocycles. The number of rotatable bonds is 4. The Labute approximate surface area is 170 Å². The van der Waals surface area contributed by atoms with E-state index in [2.05, 4.69) is 31.6 Å². The maximum absolute atomic E-state index is 6.09. The van der Waals surface area contributed by atoms with Gasteiger partial charge in [-0.25, -0.2) is 4.98 Å². The van der Waals surface area contributed by atoms with Gasteiger partial charge in [0.2, 0.25) is 0 Å².